The molecule has 3 nitrogen and oxygen atoms in total. The minimum Gasteiger partial charge on any atom is -0.335 e. The summed E-state index contributed by atoms with van der Waals surface area (Å²) in [6, 6.07) is 7.05. The quantitative estimate of drug-likeness (QED) is 0.928. The molecule has 3 atom stereocenters. The summed E-state index contributed by atoms with van der Waals surface area (Å²) in [5.41, 5.74) is 0.662. The van der Waals surface area contributed by atoms with E-state index in [9.17, 15) is 9.18 Å². The Kier molecular flexibility index (Phi) is 4.24. The highest BCUT2D eigenvalue weighted by atomic mass is 19.1. The molecule has 2 saturated heterocycles. The van der Waals surface area contributed by atoms with Crippen molar-refractivity contribution in [3.05, 3.63) is 35.6 Å². The maximum absolute atomic E-state index is 14.1. The van der Waals surface area contributed by atoms with Crippen molar-refractivity contribution >= 4 is 5.91 Å². The van der Waals surface area contributed by atoms with Crippen LogP contribution in [0.5, 0.6) is 0 Å². The van der Waals surface area contributed by atoms with E-state index in [1.165, 1.54) is 6.07 Å². The fourth-order valence-electron chi connectivity index (χ4n) is 3.62. The molecular formula is C17H23FN2O. The molecule has 3 unspecified atom stereocenters. The van der Waals surface area contributed by atoms with E-state index in [1.807, 2.05) is 17.0 Å². The van der Waals surface area contributed by atoms with Crippen molar-refractivity contribution in [2.24, 2.45) is 5.92 Å². The zero-order chi connectivity index (χ0) is 14.8. The summed E-state index contributed by atoms with van der Waals surface area (Å²) < 4.78 is 14.1. The number of likely N-dealkylation sites (tertiary alicyclic amines) is 1. The van der Waals surface area contributed by atoms with Gasteiger partial charge in [-0.15, -0.1) is 0 Å². The highest BCUT2D eigenvalue weighted by Crippen LogP contribution is 2.37. The zero-order valence-electron chi connectivity index (χ0n) is 12.5. The summed E-state index contributed by atoms with van der Waals surface area (Å²) in [5.74, 6) is 0.385. The van der Waals surface area contributed by atoms with Crippen LogP contribution in [-0.2, 0) is 4.79 Å². The molecule has 0 radical (unpaired) electrons. The molecule has 1 aromatic carbocycles. The molecule has 114 valence electrons. The molecule has 21 heavy (non-hydrogen) atoms. The number of nitrogens with zero attached hydrogens (tertiary/aromatic N) is 1. The number of nitrogens with one attached hydrogen (secondary N) is 1. The number of carbonyl (C=O) groups is 1. The Morgan fingerprint density at radius 2 is 2.24 bits per heavy atom. The number of hydrogen-bond donors (Lipinski definition) is 1. The Balaban J connectivity index is 1.76. The first kappa shape index (κ1) is 14.5. The molecule has 0 spiro atoms. The largest absolute Gasteiger partial charge is 0.335 e. The third kappa shape index (κ3) is 3.10. The molecule has 4 heteroatoms. The van der Waals surface area contributed by atoms with E-state index in [4.69, 9.17) is 0 Å². The average Bonchev–Trinajstić information content (AvgIpc) is 3.09. The first-order valence-electron chi connectivity index (χ1n) is 7.92. The third-order valence-electron chi connectivity index (χ3n) is 4.68. The van der Waals surface area contributed by atoms with E-state index in [1.54, 1.807) is 6.07 Å². The van der Waals surface area contributed by atoms with Crippen molar-refractivity contribution in [3.63, 3.8) is 0 Å². The molecular weight excluding hydrogens is 267 g/mol. The molecule has 2 fully saturated rings. The highest BCUT2D eigenvalue weighted by molar-refractivity contribution is 5.77. The van der Waals surface area contributed by atoms with Crippen LogP contribution in [0.15, 0.2) is 24.3 Å². The lowest BCUT2D eigenvalue weighted by Gasteiger charge is -2.26. The summed E-state index contributed by atoms with van der Waals surface area (Å²) in [6.07, 6.45) is 3.60. The first-order chi connectivity index (χ1) is 10.1. The van der Waals surface area contributed by atoms with Gasteiger partial charge in [0.05, 0.1) is 6.04 Å². The van der Waals surface area contributed by atoms with Crippen LogP contribution in [0, 0.1) is 11.7 Å². The van der Waals surface area contributed by atoms with Gasteiger partial charge in [0.25, 0.3) is 0 Å². The van der Waals surface area contributed by atoms with E-state index in [0.29, 0.717) is 23.9 Å². The highest BCUT2D eigenvalue weighted by Gasteiger charge is 2.36. The molecule has 3 rings (SSSR count). The molecule has 2 aliphatic heterocycles. The Bertz CT molecular complexity index is 513. The van der Waals surface area contributed by atoms with Crippen molar-refractivity contribution in [2.45, 2.75) is 44.7 Å². The monoisotopic (exact) mass is 290 g/mol. The summed E-state index contributed by atoms with van der Waals surface area (Å²) in [5, 5.41) is 3.37. The number of carbonyl (C=O) groups excluding carboxylic acids is 1. The van der Waals surface area contributed by atoms with Crippen LogP contribution < -0.4 is 5.32 Å². The Labute approximate surface area is 125 Å². The van der Waals surface area contributed by atoms with Gasteiger partial charge in [0, 0.05) is 24.6 Å². The minimum absolute atomic E-state index is 0.102. The normalized spacial score (nSPS) is 29.0. The molecule has 0 bridgehead atoms. The molecule has 0 aromatic heterocycles. The van der Waals surface area contributed by atoms with Crippen LogP contribution in [-0.4, -0.2) is 29.9 Å². The predicted octanol–water partition coefficient (Wildman–Crippen LogP) is 2.88. The van der Waals surface area contributed by atoms with Crippen LogP contribution in [0.4, 0.5) is 4.39 Å². The lowest BCUT2D eigenvalue weighted by atomic mass is 10.00. The lowest BCUT2D eigenvalue weighted by Crippen LogP contribution is -2.36. The van der Waals surface area contributed by atoms with Gasteiger partial charge in [-0.25, -0.2) is 4.39 Å². The number of hydrogen-bond acceptors (Lipinski definition) is 2. The van der Waals surface area contributed by atoms with Gasteiger partial charge in [-0.1, -0.05) is 25.1 Å². The van der Waals surface area contributed by atoms with Gasteiger partial charge in [0.15, 0.2) is 0 Å². The molecule has 0 saturated carbocycles. The van der Waals surface area contributed by atoms with Crippen LogP contribution in [0.3, 0.4) is 0 Å². The summed E-state index contributed by atoms with van der Waals surface area (Å²) in [4.78, 5) is 14.5. The van der Waals surface area contributed by atoms with Crippen molar-refractivity contribution in [3.8, 4) is 0 Å². The maximum atomic E-state index is 14.1. The van der Waals surface area contributed by atoms with Crippen LogP contribution in [0.2, 0.25) is 0 Å². The minimum atomic E-state index is -0.201. The van der Waals surface area contributed by atoms with E-state index < -0.39 is 0 Å². The van der Waals surface area contributed by atoms with Crippen molar-refractivity contribution in [2.75, 3.05) is 13.1 Å². The van der Waals surface area contributed by atoms with Gasteiger partial charge in [0.1, 0.15) is 5.82 Å². The van der Waals surface area contributed by atoms with Gasteiger partial charge in [-0.3, -0.25) is 4.79 Å². The molecule has 1 N–H and O–H groups in total. The standard InChI is InChI=1S/C17H23FN2O/c1-12-9-16(14-6-2-3-7-15(14)18)20(11-12)17(21)10-13-5-4-8-19-13/h2-3,6-7,12-13,16,19H,4-5,8-11H2,1H3. The van der Waals surface area contributed by atoms with Gasteiger partial charge in [-0.2, -0.15) is 0 Å². The Hall–Kier alpha value is -1.42. The van der Waals surface area contributed by atoms with Gasteiger partial charge in [-0.05, 0) is 37.8 Å². The smallest absolute Gasteiger partial charge is 0.224 e. The van der Waals surface area contributed by atoms with Gasteiger partial charge < -0.3 is 10.2 Å². The SMILES string of the molecule is CC1CC(c2ccccc2F)N(C(=O)CC2CCCN2)C1. The Morgan fingerprint density at radius 1 is 1.43 bits per heavy atom. The van der Waals surface area contributed by atoms with Gasteiger partial charge >= 0.3 is 0 Å². The van der Waals surface area contributed by atoms with E-state index in [-0.39, 0.29) is 17.8 Å². The van der Waals surface area contributed by atoms with E-state index >= 15 is 0 Å². The third-order valence-corrected chi connectivity index (χ3v) is 4.68. The predicted molar refractivity (Wildman–Crippen MR) is 80.3 cm³/mol. The number of halogens is 1. The summed E-state index contributed by atoms with van der Waals surface area (Å²) in [7, 11) is 0. The van der Waals surface area contributed by atoms with Crippen molar-refractivity contribution in [1.29, 1.82) is 0 Å². The van der Waals surface area contributed by atoms with Gasteiger partial charge in [0.2, 0.25) is 5.91 Å². The molecule has 1 aromatic rings. The van der Waals surface area contributed by atoms with Crippen LogP contribution >= 0.6 is 0 Å². The number of benzene rings is 1. The topological polar surface area (TPSA) is 32.3 Å². The van der Waals surface area contributed by atoms with Crippen LogP contribution in [0.25, 0.3) is 0 Å². The van der Waals surface area contributed by atoms with Crippen LogP contribution in [0.1, 0.15) is 44.2 Å². The fourth-order valence-corrected chi connectivity index (χ4v) is 3.62. The summed E-state index contributed by atoms with van der Waals surface area (Å²) >= 11 is 0. The second-order valence-electron chi connectivity index (χ2n) is 6.42. The maximum Gasteiger partial charge on any atom is 0.224 e. The molecule has 2 heterocycles. The molecule has 1 amide bonds. The second-order valence-corrected chi connectivity index (χ2v) is 6.42. The number of rotatable bonds is 3. The lowest BCUT2D eigenvalue weighted by molar-refractivity contribution is -0.132. The fraction of sp³-hybridized carbons (Fsp3) is 0.588. The average molecular weight is 290 g/mol. The zero-order valence-corrected chi connectivity index (χ0v) is 12.5. The molecule has 2 aliphatic rings. The number of amides is 1. The van der Waals surface area contributed by atoms with Crippen molar-refractivity contribution < 1.29 is 9.18 Å². The Morgan fingerprint density at radius 3 is 2.95 bits per heavy atom. The second kappa shape index (κ2) is 6.14. The van der Waals surface area contributed by atoms with E-state index in [0.717, 1.165) is 32.4 Å². The first-order valence-corrected chi connectivity index (χ1v) is 7.92. The molecule has 0 aliphatic carbocycles. The van der Waals surface area contributed by atoms with Crippen molar-refractivity contribution in [1.82, 2.24) is 10.2 Å². The van der Waals surface area contributed by atoms with E-state index in [2.05, 4.69) is 12.2 Å². The summed E-state index contributed by atoms with van der Waals surface area (Å²) in [6.45, 7) is 3.88.